The van der Waals surface area contributed by atoms with Crippen LogP contribution in [0.5, 0.6) is 0 Å². The first-order valence-electron chi connectivity index (χ1n) is 11.3. The monoisotopic (exact) mass is 568 g/mol. The quantitative estimate of drug-likeness (QED) is 0.531. The van der Waals surface area contributed by atoms with Crippen LogP contribution in [-0.4, -0.2) is 80.0 Å². The third-order valence-electron chi connectivity index (χ3n) is 6.07. The van der Waals surface area contributed by atoms with Crippen LogP contribution in [0.1, 0.15) is 35.4 Å². The van der Waals surface area contributed by atoms with Gasteiger partial charge in [0.15, 0.2) is 0 Å². The first-order valence-corrected chi connectivity index (χ1v) is 11.3. The van der Waals surface area contributed by atoms with Gasteiger partial charge in [-0.15, -0.1) is 0 Å². The minimum absolute atomic E-state index is 0.0955. The second-order valence-electron chi connectivity index (χ2n) is 9.16. The number of aromatic nitrogens is 2. The molecule has 16 heteroatoms. The molecule has 2 saturated heterocycles. The summed E-state index contributed by atoms with van der Waals surface area (Å²) >= 11 is 0. The Balaban J connectivity index is 0.000000317. The average molecular weight is 568 g/mol. The molecule has 2 aliphatic rings. The van der Waals surface area contributed by atoms with E-state index in [0.29, 0.717) is 13.0 Å². The largest absolute Gasteiger partial charge is 0.490 e. The maximum absolute atomic E-state index is 12.6. The maximum atomic E-state index is 12.6. The predicted molar refractivity (Wildman–Crippen MR) is 120 cm³/mol. The summed E-state index contributed by atoms with van der Waals surface area (Å²) in [4.78, 5) is 39.0. The Morgan fingerprint density at radius 3 is 2.10 bits per heavy atom. The molecule has 39 heavy (non-hydrogen) atoms. The Hall–Kier alpha value is -3.69. The fourth-order valence-electron chi connectivity index (χ4n) is 4.23. The van der Waals surface area contributed by atoms with Gasteiger partial charge in [-0.2, -0.15) is 26.3 Å². The van der Waals surface area contributed by atoms with Crippen LogP contribution in [0.3, 0.4) is 0 Å². The van der Waals surface area contributed by atoms with E-state index in [0.717, 1.165) is 49.6 Å². The third kappa shape index (κ3) is 9.23. The van der Waals surface area contributed by atoms with Gasteiger partial charge in [-0.1, -0.05) is 11.2 Å². The molecule has 2 N–H and O–H groups in total. The molecule has 4 rings (SSSR count). The van der Waals surface area contributed by atoms with Gasteiger partial charge >= 0.3 is 24.3 Å². The lowest BCUT2D eigenvalue weighted by Crippen LogP contribution is -2.31. The molecule has 2 aliphatic heterocycles. The van der Waals surface area contributed by atoms with Crippen LogP contribution in [0.2, 0.25) is 0 Å². The van der Waals surface area contributed by atoms with Crippen molar-refractivity contribution in [1.29, 1.82) is 0 Å². The van der Waals surface area contributed by atoms with Crippen molar-refractivity contribution in [2.45, 2.75) is 52.1 Å². The van der Waals surface area contributed by atoms with Crippen molar-refractivity contribution in [3.63, 3.8) is 0 Å². The van der Waals surface area contributed by atoms with E-state index < -0.39 is 24.3 Å². The Morgan fingerprint density at radius 1 is 1.05 bits per heavy atom. The fourth-order valence-corrected chi connectivity index (χ4v) is 4.23. The molecule has 2 aromatic heterocycles. The Kier molecular flexibility index (Phi) is 10.1. The highest BCUT2D eigenvalue weighted by Gasteiger charge is 2.47. The molecule has 0 aromatic carbocycles. The number of carbonyl (C=O) groups excluding carboxylic acids is 1. The molecular formula is C23H26F6N4O6. The van der Waals surface area contributed by atoms with Crippen molar-refractivity contribution in [3.8, 4) is 0 Å². The predicted octanol–water partition coefficient (Wildman–Crippen LogP) is 3.58. The van der Waals surface area contributed by atoms with Crippen LogP contribution in [-0.2, 0) is 27.5 Å². The molecule has 1 unspecified atom stereocenters. The molecule has 1 atom stereocenters. The van der Waals surface area contributed by atoms with E-state index in [1.807, 2.05) is 31.0 Å². The van der Waals surface area contributed by atoms with E-state index in [-0.39, 0.29) is 11.3 Å². The number of carboxylic acid groups (broad SMARTS) is 2. The molecule has 2 aromatic rings. The van der Waals surface area contributed by atoms with Crippen LogP contribution in [0.4, 0.5) is 26.3 Å². The lowest BCUT2D eigenvalue weighted by molar-refractivity contribution is -0.193. The van der Waals surface area contributed by atoms with Gasteiger partial charge in [0.25, 0.3) is 0 Å². The van der Waals surface area contributed by atoms with Gasteiger partial charge in [-0.05, 0) is 38.4 Å². The molecular weight excluding hydrogens is 542 g/mol. The van der Waals surface area contributed by atoms with Crippen molar-refractivity contribution < 1.29 is 55.5 Å². The van der Waals surface area contributed by atoms with E-state index in [2.05, 4.69) is 21.1 Å². The van der Waals surface area contributed by atoms with E-state index in [9.17, 15) is 31.1 Å². The molecule has 4 heterocycles. The molecule has 0 radical (unpaired) electrons. The molecule has 216 valence electrons. The van der Waals surface area contributed by atoms with Gasteiger partial charge < -0.3 is 19.6 Å². The summed E-state index contributed by atoms with van der Waals surface area (Å²) in [5.74, 6) is -4.45. The van der Waals surface area contributed by atoms with Crippen LogP contribution in [0.15, 0.2) is 29.0 Å². The number of likely N-dealkylation sites (tertiary alicyclic amines) is 2. The summed E-state index contributed by atoms with van der Waals surface area (Å²) in [6.07, 6.45) is -4.71. The van der Waals surface area contributed by atoms with Gasteiger partial charge in [-0.25, -0.2) is 9.59 Å². The van der Waals surface area contributed by atoms with Gasteiger partial charge in [0.05, 0.1) is 12.2 Å². The number of carbonyl (C=O) groups is 3. The third-order valence-corrected chi connectivity index (χ3v) is 6.07. The number of pyridine rings is 1. The molecule has 2 fully saturated rings. The first kappa shape index (κ1) is 31.5. The summed E-state index contributed by atoms with van der Waals surface area (Å²) in [5.41, 5.74) is 3.26. The molecule has 0 saturated carbocycles. The number of rotatable bonds is 4. The standard InChI is InChI=1S/C19H24N4O2.2C2HF3O2/c1-14-17(15(2)25-21-14)11-23-13-19(8-18(23)24)5-7-22(12-19)10-16-4-3-6-20-9-16;2*3-2(4,5)1(6)7/h3-4,6,9H,5,7-8,10-13H2,1-2H3;2*(H,6,7). The van der Waals surface area contributed by atoms with Crippen molar-refractivity contribution in [3.05, 3.63) is 47.1 Å². The van der Waals surface area contributed by atoms with Gasteiger partial charge in [0, 0.05) is 49.4 Å². The van der Waals surface area contributed by atoms with Gasteiger partial charge in [0.2, 0.25) is 5.91 Å². The summed E-state index contributed by atoms with van der Waals surface area (Å²) in [5, 5.41) is 18.3. The zero-order chi connectivity index (χ0) is 29.6. The number of carboxylic acids is 2. The van der Waals surface area contributed by atoms with E-state index >= 15 is 0 Å². The smallest absolute Gasteiger partial charge is 0.475 e. The minimum Gasteiger partial charge on any atom is -0.475 e. The van der Waals surface area contributed by atoms with E-state index in [1.54, 1.807) is 6.20 Å². The normalized spacial score (nSPS) is 19.4. The summed E-state index contributed by atoms with van der Waals surface area (Å²) < 4.78 is 68.7. The maximum Gasteiger partial charge on any atom is 0.490 e. The Bertz CT molecular complexity index is 1110. The number of alkyl halides is 6. The van der Waals surface area contributed by atoms with Crippen LogP contribution >= 0.6 is 0 Å². The van der Waals surface area contributed by atoms with Crippen LogP contribution < -0.4 is 0 Å². The summed E-state index contributed by atoms with van der Waals surface area (Å²) in [6, 6.07) is 4.09. The van der Waals surface area contributed by atoms with Gasteiger partial charge in [0.1, 0.15) is 5.76 Å². The van der Waals surface area contributed by atoms with Crippen molar-refractivity contribution in [2.75, 3.05) is 19.6 Å². The van der Waals surface area contributed by atoms with Crippen molar-refractivity contribution >= 4 is 17.8 Å². The number of aryl methyl sites for hydroxylation is 2. The zero-order valence-electron chi connectivity index (χ0n) is 20.8. The highest BCUT2D eigenvalue weighted by atomic mass is 19.4. The second-order valence-corrected chi connectivity index (χ2v) is 9.16. The van der Waals surface area contributed by atoms with Crippen LogP contribution in [0, 0.1) is 19.3 Å². The van der Waals surface area contributed by atoms with Gasteiger partial charge in [-0.3, -0.25) is 14.7 Å². The molecule has 0 aliphatic carbocycles. The molecule has 0 bridgehead atoms. The Morgan fingerprint density at radius 2 is 1.64 bits per heavy atom. The summed E-state index contributed by atoms with van der Waals surface area (Å²) in [7, 11) is 0. The van der Waals surface area contributed by atoms with Crippen molar-refractivity contribution in [1.82, 2.24) is 19.9 Å². The Labute approximate surface area is 218 Å². The van der Waals surface area contributed by atoms with E-state index in [4.69, 9.17) is 24.3 Å². The first-order chi connectivity index (χ1) is 17.9. The lowest BCUT2D eigenvalue weighted by atomic mass is 9.86. The topological polar surface area (TPSA) is 137 Å². The SMILES string of the molecule is Cc1noc(C)c1CN1CC2(CCN(Cc3cccnc3)C2)CC1=O.O=C(O)C(F)(F)F.O=C(O)C(F)(F)F. The fraction of sp³-hybridized carbons (Fsp3) is 0.522. The van der Waals surface area contributed by atoms with Crippen molar-refractivity contribution in [2.24, 2.45) is 5.41 Å². The number of hydrogen-bond donors (Lipinski definition) is 2. The highest BCUT2D eigenvalue weighted by Crippen LogP contribution is 2.41. The number of nitrogens with zero attached hydrogens (tertiary/aromatic N) is 4. The number of hydrogen-bond acceptors (Lipinski definition) is 7. The van der Waals surface area contributed by atoms with Crippen LogP contribution in [0.25, 0.3) is 0 Å². The highest BCUT2D eigenvalue weighted by molar-refractivity contribution is 5.79. The number of aliphatic carboxylic acids is 2. The number of halogens is 6. The molecule has 1 spiro atoms. The summed E-state index contributed by atoms with van der Waals surface area (Å²) in [6.45, 7) is 8.23. The second kappa shape index (κ2) is 12.4. The number of amides is 1. The molecule has 10 nitrogen and oxygen atoms in total. The van der Waals surface area contributed by atoms with E-state index in [1.165, 1.54) is 5.56 Å². The molecule has 1 amide bonds. The average Bonchev–Trinajstić information content (AvgIpc) is 3.46. The zero-order valence-corrected chi connectivity index (χ0v) is 20.8. The lowest BCUT2D eigenvalue weighted by Gasteiger charge is -2.24. The minimum atomic E-state index is -5.08.